The molecule has 2 nitrogen and oxygen atoms in total. The van der Waals surface area contributed by atoms with Crippen molar-refractivity contribution < 1.29 is 41.3 Å². The van der Waals surface area contributed by atoms with Gasteiger partial charge < -0.3 is 10.2 Å². The Hall–Kier alpha value is -4.49. The molecule has 7 aromatic rings. The average Bonchev–Trinajstić information content (AvgIpc) is 3.60. The minimum atomic E-state index is -2.30. The summed E-state index contributed by atoms with van der Waals surface area (Å²) in [6, 6.07) is 50.2. The minimum absolute atomic E-state index is 0. The van der Waals surface area contributed by atoms with Crippen molar-refractivity contribution in [2.45, 2.75) is 120 Å². The first-order chi connectivity index (χ1) is 31.0. The fraction of sp³-hybridized carbons (Fsp3) is 0.290. The normalized spacial score (nSPS) is 11.2. The van der Waals surface area contributed by atoms with Gasteiger partial charge in [0.05, 0.1) is 16.1 Å². The molecule has 346 valence electrons. The Balaban J connectivity index is 0.000000352. The molecule has 67 heavy (non-hydrogen) atoms. The first kappa shape index (κ1) is 56.8. The first-order valence-corrected chi connectivity index (χ1v) is 30.3. The molecule has 0 N–H and O–H groups in total. The van der Waals surface area contributed by atoms with Crippen LogP contribution in [0.25, 0.3) is 0 Å². The van der Waals surface area contributed by atoms with E-state index in [2.05, 4.69) is 120 Å². The van der Waals surface area contributed by atoms with Crippen LogP contribution in [0.4, 0.5) is 0 Å². The molecular formula is C62H74O2Si2U. The summed E-state index contributed by atoms with van der Waals surface area (Å²) in [7, 11) is -4.60. The van der Waals surface area contributed by atoms with Crippen LogP contribution in [0, 0.1) is 100 Å². The van der Waals surface area contributed by atoms with Crippen molar-refractivity contribution in [3.63, 3.8) is 0 Å². The van der Waals surface area contributed by atoms with Crippen LogP contribution in [0.2, 0.25) is 39.3 Å². The zero-order valence-corrected chi connectivity index (χ0v) is 49.5. The topological polar surface area (TPSA) is 46.1 Å². The summed E-state index contributed by atoms with van der Waals surface area (Å²) in [5.41, 5.74) is 21.0. The maximum absolute atomic E-state index is 15.3. The van der Waals surface area contributed by atoms with E-state index >= 15 is 10.2 Å². The second-order valence-electron chi connectivity index (χ2n) is 19.7. The van der Waals surface area contributed by atoms with Gasteiger partial charge in [-0.3, -0.25) is 0 Å². The molecule has 0 atom stereocenters. The van der Waals surface area contributed by atoms with E-state index in [-0.39, 0.29) is 31.1 Å². The van der Waals surface area contributed by atoms with Gasteiger partial charge >= 0.3 is 31.1 Å². The second kappa shape index (κ2) is 24.7. The number of hydrogen-bond donors (Lipinski definition) is 0. The summed E-state index contributed by atoms with van der Waals surface area (Å²) in [4.78, 5) is 0. The third-order valence-electron chi connectivity index (χ3n) is 13.5. The Kier molecular flexibility index (Phi) is 20.9. The molecule has 0 aliphatic heterocycles. The Morgan fingerprint density at radius 1 is 0.358 bits per heavy atom. The van der Waals surface area contributed by atoms with E-state index in [0.717, 1.165) is 0 Å². The average molecular weight is 1150 g/mol. The SMILES string of the molecule is C[Si](C)(C)C(=C=C=C(C([O-])(c1ccccc1)c1ccccc1)[Si](C)(C)C)C([O-])(c1ccccc1)c1ccccc1.Cc1c(C)c(C)[c-](C)c1C.Cc1c(C)c(C)[c-](C)c1C.[U+4].c1ccccc1. The molecule has 0 aromatic heterocycles. The molecule has 0 aliphatic carbocycles. The van der Waals surface area contributed by atoms with Gasteiger partial charge in [0.2, 0.25) is 0 Å². The van der Waals surface area contributed by atoms with Crippen molar-refractivity contribution in [2.75, 3.05) is 0 Å². The molecule has 0 bridgehead atoms. The van der Waals surface area contributed by atoms with Gasteiger partial charge in [0.25, 0.3) is 0 Å². The van der Waals surface area contributed by atoms with Gasteiger partial charge in [-0.2, -0.15) is 55.6 Å². The fourth-order valence-electron chi connectivity index (χ4n) is 8.53. The van der Waals surface area contributed by atoms with Crippen molar-refractivity contribution >= 4 is 16.1 Å². The molecule has 5 heteroatoms. The van der Waals surface area contributed by atoms with E-state index in [9.17, 15) is 0 Å². The van der Waals surface area contributed by atoms with Crippen molar-refractivity contribution in [3.05, 3.63) is 257 Å². The van der Waals surface area contributed by atoms with Crippen molar-refractivity contribution in [1.29, 1.82) is 0 Å². The fourth-order valence-corrected chi connectivity index (χ4v) is 12.1. The van der Waals surface area contributed by atoms with E-state index in [1.807, 2.05) is 158 Å². The largest absolute Gasteiger partial charge is 4.00 e. The van der Waals surface area contributed by atoms with Gasteiger partial charge in [-0.15, -0.1) is 0 Å². The zero-order valence-electron chi connectivity index (χ0n) is 43.3. The Morgan fingerprint density at radius 2 is 0.522 bits per heavy atom. The molecule has 0 fully saturated rings. The van der Waals surface area contributed by atoms with Crippen LogP contribution in [-0.4, -0.2) is 16.1 Å². The molecule has 0 radical (unpaired) electrons. The molecular weight excluding hydrogens is 1070 g/mol. The molecule has 0 saturated heterocycles. The van der Waals surface area contributed by atoms with E-state index in [0.29, 0.717) is 32.6 Å². The molecule has 0 unspecified atom stereocenters. The first-order valence-electron chi connectivity index (χ1n) is 23.3. The van der Waals surface area contributed by atoms with Gasteiger partial charge in [-0.05, 0) is 43.8 Å². The van der Waals surface area contributed by atoms with E-state index in [4.69, 9.17) is 0 Å². The number of hydrogen-bond acceptors (Lipinski definition) is 2. The monoisotopic (exact) mass is 1140 g/mol. The molecule has 0 amide bonds. The third kappa shape index (κ3) is 13.6. The Bertz CT molecular complexity index is 2280. The van der Waals surface area contributed by atoms with Gasteiger partial charge in [-0.1, -0.05) is 278 Å². The van der Waals surface area contributed by atoms with Crippen LogP contribution in [0.3, 0.4) is 0 Å². The van der Waals surface area contributed by atoms with Gasteiger partial charge in [0.1, 0.15) is 0 Å². The molecule has 0 saturated carbocycles. The Morgan fingerprint density at radius 3 is 0.657 bits per heavy atom. The van der Waals surface area contributed by atoms with E-state index in [1.165, 1.54) is 55.6 Å². The van der Waals surface area contributed by atoms with Crippen molar-refractivity contribution in [1.82, 2.24) is 0 Å². The van der Waals surface area contributed by atoms with Gasteiger partial charge in [-0.25, -0.2) is 0 Å². The number of benzene rings is 5. The predicted molar refractivity (Wildman–Crippen MR) is 286 cm³/mol. The molecule has 0 heterocycles. The minimum Gasteiger partial charge on any atom is -0.839 e. The summed E-state index contributed by atoms with van der Waals surface area (Å²) in [6.07, 6.45) is 0. The van der Waals surface area contributed by atoms with Crippen LogP contribution in [0.1, 0.15) is 77.9 Å². The maximum atomic E-state index is 15.3. The summed E-state index contributed by atoms with van der Waals surface area (Å²) in [5, 5.41) is 32.0. The van der Waals surface area contributed by atoms with Crippen molar-refractivity contribution in [3.8, 4) is 0 Å². The summed E-state index contributed by atoms with van der Waals surface area (Å²) >= 11 is 0. The number of rotatable bonds is 8. The van der Waals surface area contributed by atoms with E-state index in [1.54, 1.807) is 0 Å². The standard InChI is InChI=1S/C36H38O2Si2.2C10H15.C6H6.U/c1-39(2,3)33(35(37,29-19-11-7-12-20-29)30-21-13-8-14-22-30)27-28-34(40(4,5)6)36(38,31-23-15-9-16-24-31)32-25-17-10-18-26-32;2*1-6-7(2)9(4)10(5)8(6)3;1-2-4-6-5-3-1;/h7-26H,1-6H3;2*1-5H3;1-6H;/q-2;2*-1;;+4. The summed E-state index contributed by atoms with van der Waals surface area (Å²) in [6.45, 7) is 35.0. The van der Waals surface area contributed by atoms with E-state index < -0.39 is 27.3 Å². The predicted octanol–water partition coefficient (Wildman–Crippen LogP) is 14.5. The second-order valence-corrected chi connectivity index (χ2v) is 29.7. The van der Waals surface area contributed by atoms with Gasteiger partial charge in [0.15, 0.2) is 0 Å². The smallest absolute Gasteiger partial charge is 0.839 e. The maximum Gasteiger partial charge on any atom is 4.00 e. The van der Waals surface area contributed by atoms with Crippen LogP contribution < -0.4 is 10.2 Å². The van der Waals surface area contributed by atoms with Gasteiger partial charge in [0, 0.05) is 0 Å². The molecule has 7 aromatic carbocycles. The third-order valence-corrected chi connectivity index (χ3v) is 17.5. The van der Waals surface area contributed by atoms with Crippen molar-refractivity contribution in [2.24, 2.45) is 0 Å². The molecule has 7 rings (SSSR count). The summed E-state index contributed by atoms with van der Waals surface area (Å²) in [5.74, 6) is 0. The van der Waals surface area contributed by atoms with Crippen LogP contribution >= 0.6 is 0 Å². The Labute approximate surface area is 431 Å². The zero-order chi connectivity index (χ0) is 49.0. The molecule has 0 aliphatic rings. The van der Waals surface area contributed by atoms with Crippen LogP contribution in [-0.2, 0) is 11.2 Å². The van der Waals surface area contributed by atoms with Crippen LogP contribution in [0.15, 0.2) is 180 Å². The molecule has 0 spiro atoms. The quantitative estimate of drug-likeness (QED) is 0.0865. The van der Waals surface area contributed by atoms with Crippen LogP contribution in [0.5, 0.6) is 0 Å². The summed E-state index contributed by atoms with van der Waals surface area (Å²) < 4.78 is 0.